The molecule has 0 radical (unpaired) electrons. The quantitative estimate of drug-likeness (QED) is 0.755. The van der Waals surface area contributed by atoms with Crippen LogP contribution in [0.5, 0.6) is 0 Å². The van der Waals surface area contributed by atoms with Gasteiger partial charge in [0.15, 0.2) is 0 Å². The summed E-state index contributed by atoms with van der Waals surface area (Å²) in [6.45, 7) is 4.12. The van der Waals surface area contributed by atoms with Crippen molar-refractivity contribution in [3.63, 3.8) is 0 Å². The Kier molecular flexibility index (Phi) is 4.42. The second-order valence-electron chi connectivity index (χ2n) is 6.13. The van der Waals surface area contributed by atoms with Crippen LogP contribution in [0, 0.1) is 6.92 Å². The summed E-state index contributed by atoms with van der Waals surface area (Å²) >= 11 is 0. The fourth-order valence-corrected chi connectivity index (χ4v) is 2.77. The van der Waals surface area contributed by atoms with Gasteiger partial charge in [0.2, 0.25) is 0 Å². The van der Waals surface area contributed by atoms with Crippen molar-refractivity contribution in [2.75, 3.05) is 0 Å². The minimum atomic E-state index is -0.0182. The van der Waals surface area contributed by atoms with E-state index in [-0.39, 0.29) is 11.9 Å². The first-order valence-corrected chi connectivity index (χ1v) is 7.97. The molecule has 0 aliphatic rings. The van der Waals surface area contributed by atoms with E-state index in [9.17, 15) is 4.79 Å². The number of aryl methyl sites for hydroxylation is 1. The van der Waals surface area contributed by atoms with E-state index in [4.69, 9.17) is 0 Å². The number of carbonyl (C=O) groups is 1. The SMILES string of the molecule is Cc1ccc(C[C@@H](C)NC(=O)c2ccc3ccccc3c2)cc1. The van der Waals surface area contributed by atoms with E-state index in [1.54, 1.807) is 0 Å². The Hall–Kier alpha value is -2.61. The van der Waals surface area contributed by atoms with Gasteiger partial charge in [-0.1, -0.05) is 60.2 Å². The zero-order chi connectivity index (χ0) is 16.2. The Morgan fingerprint density at radius 2 is 1.65 bits per heavy atom. The van der Waals surface area contributed by atoms with E-state index in [1.165, 1.54) is 11.1 Å². The molecule has 0 bridgehead atoms. The second kappa shape index (κ2) is 6.66. The number of fused-ring (bicyclic) bond motifs is 1. The number of hydrogen-bond donors (Lipinski definition) is 1. The van der Waals surface area contributed by atoms with Gasteiger partial charge in [0.1, 0.15) is 0 Å². The van der Waals surface area contributed by atoms with Crippen molar-refractivity contribution in [2.45, 2.75) is 26.3 Å². The fraction of sp³-hybridized carbons (Fsp3) is 0.190. The van der Waals surface area contributed by atoms with Gasteiger partial charge in [-0.05, 0) is 48.7 Å². The van der Waals surface area contributed by atoms with Gasteiger partial charge in [0.05, 0.1) is 0 Å². The van der Waals surface area contributed by atoms with Crippen LogP contribution in [0.3, 0.4) is 0 Å². The monoisotopic (exact) mass is 303 g/mol. The molecule has 0 heterocycles. The summed E-state index contributed by atoms with van der Waals surface area (Å²) in [7, 11) is 0. The predicted octanol–water partition coefficient (Wildman–Crippen LogP) is 4.51. The molecule has 3 rings (SSSR count). The zero-order valence-electron chi connectivity index (χ0n) is 13.5. The average molecular weight is 303 g/mol. The lowest BCUT2D eigenvalue weighted by molar-refractivity contribution is 0.0940. The van der Waals surface area contributed by atoms with E-state index in [2.05, 4.69) is 42.6 Å². The highest BCUT2D eigenvalue weighted by Gasteiger charge is 2.10. The largest absolute Gasteiger partial charge is 0.349 e. The molecule has 0 saturated heterocycles. The van der Waals surface area contributed by atoms with Gasteiger partial charge in [0, 0.05) is 11.6 Å². The van der Waals surface area contributed by atoms with Gasteiger partial charge in [-0.25, -0.2) is 0 Å². The molecule has 0 aliphatic carbocycles. The molecule has 2 heteroatoms. The summed E-state index contributed by atoms with van der Waals surface area (Å²) in [6.07, 6.45) is 0.833. The summed E-state index contributed by atoms with van der Waals surface area (Å²) in [5.41, 5.74) is 3.20. The summed E-state index contributed by atoms with van der Waals surface area (Å²) in [5.74, 6) is -0.0182. The van der Waals surface area contributed by atoms with Crippen LogP contribution in [0.2, 0.25) is 0 Å². The first kappa shape index (κ1) is 15.3. The number of benzene rings is 3. The molecule has 23 heavy (non-hydrogen) atoms. The molecular formula is C21H21NO. The Labute approximate surface area is 137 Å². The van der Waals surface area contributed by atoms with Crippen molar-refractivity contribution in [1.82, 2.24) is 5.32 Å². The molecule has 0 aromatic heterocycles. The number of nitrogens with one attached hydrogen (secondary N) is 1. The van der Waals surface area contributed by atoms with E-state index < -0.39 is 0 Å². The minimum absolute atomic E-state index is 0.0182. The van der Waals surface area contributed by atoms with Gasteiger partial charge in [-0.3, -0.25) is 4.79 Å². The molecule has 2 nitrogen and oxygen atoms in total. The van der Waals surface area contributed by atoms with Crippen LogP contribution in [-0.4, -0.2) is 11.9 Å². The third kappa shape index (κ3) is 3.78. The molecule has 3 aromatic carbocycles. The standard InChI is InChI=1S/C21H21NO/c1-15-7-9-17(10-8-15)13-16(2)22-21(23)20-12-11-18-5-3-4-6-19(18)14-20/h3-12,14,16H,13H2,1-2H3,(H,22,23)/t16-/m1/s1. The number of amides is 1. The summed E-state index contributed by atoms with van der Waals surface area (Å²) in [4.78, 5) is 12.4. The van der Waals surface area contributed by atoms with Crippen LogP contribution in [0.15, 0.2) is 66.7 Å². The number of rotatable bonds is 4. The van der Waals surface area contributed by atoms with Crippen LogP contribution < -0.4 is 5.32 Å². The van der Waals surface area contributed by atoms with E-state index in [0.29, 0.717) is 5.56 Å². The van der Waals surface area contributed by atoms with Crippen LogP contribution in [0.1, 0.15) is 28.4 Å². The Balaban J connectivity index is 1.68. The summed E-state index contributed by atoms with van der Waals surface area (Å²) in [6, 6.07) is 22.4. The van der Waals surface area contributed by atoms with Crippen molar-refractivity contribution >= 4 is 16.7 Å². The number of carbonyl (C=O) groups excluding carboxylic acids is 1. The second-order valence-corrected chi connectivity index (χ2v) is 6.13. The lowest BCUT2D eigenvalue weighted by Gasteiger charge is -2.14. The highest BCUT2D eigenvalue weighted by atomic mass is 16.1. The molecule has 0 unspecified atom stereocenters. The molecule has 0 aliphatic heterocycles. The van der Waals surface area contributed by atoms with Gasteiger partial charge in [0.25, 0.3) is 5.91 Å². The van der Waals surface area contributed by atoms with E-state index in [1.807, 2.05) is 43.3 Å². The molecule has 1 amide bonds. The van der Waals surface area contributed by atoms with E-state index >= 15 is 0 Å². The van der Waals surface area contributed by atoms with Gasteiger partial charge < -0.3 is 5.32 Å². The lowest BCUT2D eigenvalue weighted by Crippen LogP contribution is -2.34. The van der Waals surface area contributed by atoms with Gasteiger partial charge >= 0.3 is 0 Å². The predicted molar refractivity (Wildman–Crippen MR) is 95.8 cm³/mol. The molecule has 1 atom stereocenters. The maximum Gasteiger partial charge on any atom is 0.251 e. The minimum Gasteiger partial charge on any atom is -0.349 e. The maximum atomic E-state index is 12.4. The summed E-state index contributed by atoms with van der Waals surface area (Å²) < 4.78 is 0. The Morgan fingerprint density at radius 3 is 2.39 bits per heavy atom. The molecule has 0 spiro atoms. The van der Waals surface area contributed by atoms with Gasteiger partial charge in [-0.2, -0.15) is 0 Å². The van der Waals surface area contributed by atoms with Crippen LogP contribution in [0.4, 0.5) is 0 Å². The van der Waals surface area contributed by atoms with Crippen LogP contribution in [0.25, 0.3) is 10.8 Å². The Bertz CT molecular complexity index is 821. The third-order valence-corrected chi connectivity index (χ3v) is 4.05. The average Bonchev–Trinajstić information content (AvgIpc) is 2.56. The molecular weight excluding hydrogens is 282 g/mol. The highest BCUT2D eigenvalue weighted by Crippen LogP contribution is 2.16. The van der Waals surface area contributed by atoms with Crippen molar-refractivity contribution in [3.8, 4) is 0 Å². The Morgan fingerprint density at radius 1 is 0.957 bits per heavy atom. The molecule has 1 N–H and O–H groups in total. The first-order valence-electron chi connectivity index (χ1n) is 7.97. The molecule has 3 aromatic rings. The topological polar surface area (TPSA) is 29.1 Å². The number of hydrogen-bond acceptors (Lipinski definition) is 1. The molecule has 0 saturated carbocycles. The molecule has 0 fully saturated rings. The van der Waals surface area contributed by atoms with Crippen molar-refractivity contribution in [1.29, 1.82) is 0 Å². The lowest BCUT2D eigenvalue weighted by atomic mass is 10.0. The maximum absolute atomic E-state index is 12.4. The van der Waals surface area contributed by atoms with Crippen molar-refractivity contribution < 1.29 is 4.79 Å². The highest BCUT2D eigenvalue weighted by molar-refractivity contribution is 5.98. The smallest absolute Gasteiger partial charge is 0.251 e. The third-order valence-electron chi connectivity index (χ3n) is 4.05. The van der Waals surface area contributed by atoms with Crippen LogP contribution in [-0.2, 0) is 6.42 Å². The van der Waals surface area contributed by atoms with Crippen molar-refractivity contribution in [3.05, 3.63) is 83.4 Å². The first-order chi connectivity index (χ1) is 11.1. The summed E-state index contributed by atoms with van der Waals surface area (Å²) in [5, 5.41) is 5.32. The van der Waals surface area contributed by atoms with Gasteiger partial charge in [-0.15, -0.1) is 0 Å². The van der Waals surface area contributed by atoms with Crippen molar-refractivity contribution in [2.24, 2.45) is 0 Å². The molecule has 116 valence electrons. The van der Waals surface area contributed by atoms with E-state index in [0.717, 1.165) is 17.2 Å². The normalized spacial score (nSPS) is 12.1. The zero-order valence-corrected chi connectivity index (χ0v) is 13.5. The van der Waals surface area contributed by atoms with Crippen LogP contribution >= 0.6 is 0 Å². The fourth-order valence-electron chi connectivity index (χ4n) is 2.77.